The van der Waals surface area contributed by atoms with Crippen LogP contribution in [0.15, 0.2) is 18.2 Å². The largest absolute Gasteiger partial charge is 0.493 e. The number of ketones is 1. The van der Waals surface area contributed by atoms with Crippen molar-refractivity contribution in [1.82, 2.24) is 4.90 Å². The molecule has 0 radical (unpaired) electrons. The number of benzene rings is 1. The maximum absolute atomic E-state index is 12.7. The summed E-state index contributed by atoms with van der Waals surface area (Å²) in [4.78, 5) is 26.0. The van der Waals surface area contributed by atoms with Crippen molar-refractivity contribution >= 4 is 11.8 Å². The van der Waals surface area contributed by atoms with Crippen molar-refractivity contribution in [2.24, 2.45) is 11.8 Å². The third-order valence-electron chi connectivity index (χ3n) is 4.14. The molecule has 0 aliphatic carbocycles. The topological polar surface area (TPSA) is 66.8 Å². The van der Waals surface area contributed by atoms with Crippen LogP contribution in [0.2, 0.25) is 0 Å². The van der Waals surface area contributed by atoms with Gasteiger partial charge >= 0.3 is 5.97 Å². The van der Waals surface area contributed by atoms with Crippen LogP contribution < -0.4 is 4.74 Å². The zero-order chi connectivity index (χ0) is 17.0. The van der Waals surface area contributed by atoms with Crippen LogP contribution in [0.1, 0.15) is 47.9 Å². The number of piperidine rings is 1. The number of carbonyl (C=O) groups excluding carboxylic acids is 1. The highest BCUT2D eigenvalue weighted by atomic mass is 16.5. The van der Waals surface area contributed by atoms with Crippen LogP contribution in [-0.2, 0) is 0 Å². The first-order valence-corrected chi connectivity index (χ1v) is 8.16. The number of carboxylic acid groups (broad SMARTS) is 1. The number of hydrogen-bond donors (Lipinski definition) is 1. The Balaban J connectivity index is 2.19. The second-order valence-electron chi connectivity index (χ2n) is 6.51. The summed E-state index contributed by atoms with van der Waals surface area (Å²) in [5.41, 5.74) is 0.467. The van der Waals surface area contributed by atoms with Crippen LogP contribution in [0.25, 0.3) is 0 Å². The number of rotatable bonds is 6. The third-order valence-corrected chi connectivity index (χ3v) is 4.14. The third kappa shape index (κ3) is 4.55. The molecule has 0 amide bonds. The molecular weight excluding hydrogens is 294 g/mol. The van der Waals surface area contributed by atoms with E-state index in [9.17, 15) is 9.59 Å². The smallest absolute Gasteiger partial charge is 0.335 e. The highest BCUT2D eigenvalue weighted by Crippen LogP contribution is 2.24. The molecule has 126 valence electrons. The number of Topliss-reactive ketones (excluding diaryl/α,β-unsaturated/α-hetero) is 1. The molecule has 1 aliphatic rings. The van der Waals surface area contributed by atoms with Gasteiger partial charge in [-0.1, -0.05) is 13.8 Å². The van der Waals surface area contributed by atoms with E-state index < -0.39 is 5.97 Å². The number of ether oxygens (including phenoxy) is 1. The summed E-state index contributed by atoms with van der Waals surface area (Å²) < 4.78 is 5.49. The lowest BCUT2D eigenvalue weighted by molar-refractivity contribution is 0.0697. The molecule has 23 heavy (non-hydrogen) atoms. The Morgan fingerprint density at radius 1 is 1.26 bits per heavy atom. The van der Waals surface area contributed by atoms with Gasteiger partial charge in [0, 0.05) is 13.1 Å². The Hall–Kier alpha value is -1.88. The molecule has 2 unspecified atom stereocenters. The summed E-state index contributed by atoms with van der Waals surface area (Å²) in [5.74, 6) is 0.479. The lowest BCUT2D eigenvalue weighted by Gasteiger charge is -2.34. The highest BCUT2D eigenvalue weighted by molar-refractivity contribution is 6.02. The Kier molecular flexibility index (Phi) is 5.77. The van der Waals surface area contributed by atoms with E-state index in [-0.39, 0.29) is 11.3 Å². The van der Waals surface area contributed by atoms with Gasteiger partial charge in [-0.25, -0.2) is 4.79 Å². The van der Waals surface area contributed by atoms with Gasteiger partial charge in [0.25, 0.3) is 0 Å². The molecule has 1 fully saturated rings. The van der Waals surface area contributed by atoms with Crippen molar-refractivity contribution in [3.63, 3.8) is 0 Å². The van der Waals surface area contributed by atoms with E-state index in [2.05, 4.69) is 18.7 Å². The first-order valence-electron chi connectivity index (χ1n) is 8.16. The van der Waals surface area contributed by atoms with E-state index in [1.54, 1.807) is 6.07 Å². The van der Waals surface area contributed by atoms with Gasteiger partial charge in [-0.2, -0.15) is 0 Å². The van der Waals surface area contributed by atoms with E-state index in [1.165, 1.54) is 18.6 Å². The van der Waals surface area contributed by atoms with Crippen LogP contribution in [0.5, 0.6) is 5.75 Å². The Labute approximate surface area is 137 Å². The molecule has 2 atom stereocenters. The first-order chi connectivity index (χ1) is 10.9. The number of hydrogen-bond acceptors (Lipinski definition) is 4. The fraction of sp³-hybridized carbons (Fsp3) is 0.556. The minimum Gasteiger partial charge on any atom is -0.493 e. The highest BCUT2D eigenvalue weighted by Gasteiger charge is 2.25. The average molecular weight is 319 g/mol. The summed E-state index contributed by atoms with van der Waals surface area (Å²) in [6, 6.07) is 4.46. The van der Waals surface area contributed by atoms with Gasteiger partial charge in [0.1, 0.15) is 5.75 Å². The van der Waals surface area contributed by atoms with E-state index in [0.29, 0.717) is 36.3 Å². The fourth-order valence-corrected chi connectivity index (χ4v) is 3.37. The van der Waals surface area contributed by atoms with Crippen molar-refractivity contribution in [1.29, 1.82) is 0 Å². The van der Waals surface area contributed by atoms with Crippen molar-refractivity contribution in [3.8, 4) is 5.75 Å². The van der Waals surface area contributed by atoms with E-state index in [4.69, 9.17) is 9.84 Å². The normalized spacial score (nSPS) is 21.9. The number of carboxylic acids is 1. The molecule has 1 saturated heterocycles. The lowest BCUT2D eigenvalue weighted by atomic mass is 9.91. The number of carbonyl (C=O) groups is 2. The molecule has 0 spiro atoms. The molecule has 0 bridgehead atoms. The molecule has 1 aromatic carbocycles. The van der Waals surface area contributed by atoms with Gasteiger partial charge in [-0.05, 0) is 43.4 Å². The van der Waals surface area contributed by atoms with E-state index >= 15 is 0 Å². The van der Waals surface area contributed by atoms with Gasteiger partial charge < -0.3 is 9.84 Å². The Morgan fingerprint density at radius 3 is 2.48 bits per heavy atom. The predicted octanol–water partition coefficient (Wildman–Crippen LogP) is 2.94. The molecule has 0 aromatic heterocycles. The predicted molar refractivity (Wildman–Crippen MR) is 88.3 cm³/mol. The van der Waals surface area contributed by atoms with Crippen molar-refractivity contribution in [2.45, 2.75) is 27.2 Å². The zero-order valence-electron chi connectivity index (χ0n) is 14.0. The Morgan fingerprint density at radius 2 is 1.91 bits per heavy atom. The maximum atomic E-state index is 12.7. The van der Waals surface area contributed by atoms with Gasteiger partial charge in [0.05, 0.1) is 24.3 Å². The second-order valence-corrected chi connectivity index (χ2v) is 6.51. The van der Waals surface area contributed by atoms with E-state index in [0.717, 1.165) is 13.1 Å². The summed E-state index contributed by atoms with van der Waals surface area (Å²) in [5, 5.41) is 9.14. The summed E-state index contributed by atoms with van der Waals surface area (Å²) in [6.45, 7) is 8.78. The molecule has 5 nitrogen and oxygen atoms in total. The Bertz CT molecular complexity index is 574. The quantitative estimate of drug-likeness (QED) is 0.817. The maximum Gasteiger partial charge on any atom is 0.335 e. The second kappa shape index (κ2) is 7.59. The summed E-state index contributed by atoms with van der Waals surface area (Å²) in [6.07, 6.45) is 1.18. The van der Waals surface area contributed by atoms with E-state index in [1.807, 2.05) is 6.92 Å². The molecule has 1 N–H and O–H groups in total. The number of nitrogens with zero attached hydrogens (tertiary/aromatic N) is 1. The molecule has 5 heteroatoms. The lowest BCUT2D eigenvalue weighted by Crippen LogP contribution is -2.41. The molecule has 0 saturated carbocycles. The van der Waals surface area contributed by atoms with Gasteiger partial charge in [0.15, 0.2) is 5.78 Å². The molecule has 1 aliphatic heterocycles. The van der Waals surface area contributed by atoms with Crippen LogP contribution in [0.4, 0.5) is 0 Å². The fourth-order valence-electron chi connectivity index (χ4n) is 3.37. The first kappa shape index (κ1) is 17.5. The van der Waals surface area contributed by atoms with Gasteiger partial charge in [-0.15, -0.1) is 0 Å². The van der Waals surface area contributed by atoms with Crippen LogP contribution in [0.3, 0.4) is 0 Å². The van der Waals surface area contributed by atoms with Crippen LogP contribution >= 0.6 is 0 Å². The minimum absolute atomic E-state index is 0.0853. The van der Waals surface area contributed by atoms with Gasteiger partial charge in [0.2, 0.25) is 0 Å². The standard InChI is InChI=1S/C18H25NO4/c1-4-23-17-6-5-14(18(21)22)8-15(17)16(20)11-19-9-12(2)7-13(3)10-19/h5-6,8,12-13H,4,7,9-11H2,1-3H3,(H,21,22). The van der Waals surface area contributed by atoms with Crippen LogP contribution in [-0.4, -0.2) is 48.0 Å². The minimum atomic E-state index is -1.04. The molecule has 2 rings (SSSR count). The van der Waals surface area contributed by atoms with Crippen molar-refractivity contribution in [3.05, 3.63) is 29.3 Å². The average Bonchev–Trinajstić information content (AvgIpc) is 2.46. The van der Waals surface area contributed by atoms with Crippen LogP contribution in [0, 0.1) is 11.8 Å². The molecule has 1 aromatic rings. The summed E-state index contributed by atoms with van der Waals surface area (Å²) in [7, 11) is 0. The monoisotopic (exact) mass is 319 g/mol. The molecule has 1 heterocycles. The number of aromatic carboxylic acids is 1. The summed E-state index contributed by atoms with van der Waals surface area (Å²) >= 11 is 0. The molecular formula is C18H25NO4. The SMILES string of the molecule is CCOc1ccc(C(=O)O)cc1C(=O)CN1CC(C)CC(C)C1. The zero-order valence-corrected chi connectivity index (χ0v) is 14.0. The van der Waals surface area contributed by atoms with Crippen molar-refractivity contribution in [2.75, 3.05) is 26.2 Å². The van der Waals surface area contributed by atoms with Crippen molar-refractivity contribution < 1.29 is 19.4 Å². The van der Waals surface area contributed by atoms with Gasteiger partial charge in [-0.3, -0.25) is 9.69 Å². The number of likely N-dealkylation sites (tertiary alicyclic amines) is 1.